The summed E-state index contributed by atoms with van der Waals surface area (Å²) in [4.78, 5) is 22.5. The van der Waals surface area contributed by atoms with Crippen molar-refractivity contribution in [1.29, 1.82) is 0 Å². The summed E-state index contributed by atoms with van der Waals surface area (Å²) in [6.45, 7) is 8.62. The van der Waals surface area contributed by atoms with Crippen molar-refractivity contribution in [2.75, 3.05) is 24.6 Å². The Kier molecular flexibility index (Phi) is 5.44. The van der Waals surface area contributed by atoms with E-state index in [2.05, 4.69) is 15.3 Å². The molecule has 3 heterocycles. The van der Waals surface area contributed by atoms with Gasteiger partial charge >= 0.3 is 7.12 Å². The predicted molar refractivity (Wildman–Crippen MR) is 99.6 cm³/mol. The second-order valence-corrected chi connectivity index (χ2v) is 8.04. The van der Waals surface area contributed by atoms with Crippen molar-refractivity contribution in [2.24, 2.45) is 0 Å². The second kappa shape index (κ2) is 7.35. The third-order valence-electron chi connectivity index (χ3n) is 5.48. The number of nitrogens with one attached hydrogen (secondary N) is 1. The van der Waals surface area contributed by atoms with E-state index in [9.17, 15) is 9.90 Å². The Balaban J connectivity index is 1.60. The van der Waals surface area contributed by atoms with E-state index in [0.717, 1.165) is 5.46 Å². The molecule has 1 amide bonds. The lowest BCUT2D eigenvalue weighted by atomic mass is 9.81. The molecule has 1 aromatic heterocycles. The molecule has 3 rings (SSSR count). The summed E-state index contributed by atoms with van der Waals surface area (Å²) in [6, 6.07) is -0.120. The topological polar surface area (TPSA) is 117 Å². The summed E-state index contributed by atoms with van der Waals surface area (Å²) in [5, 5.41) is 20.9. The Labute approximate surface area is 159 Å². The molecule has 1 aromatic rings. The number of aromatic nitrogens is 2. The minimum atomic E-state index is -1.39. The smallest absolute Gasteiger partial charge is 0.399 e. The highest BCUT2D eigenvalue weighted by Crippen LogP contribution is 2.36. The molecule has 2 fully saturated rings. The first-order valence-electron chi connectivity index (χ1n) is 9.15. The van der Waals surface area contributed by atoms with Gasteiger partial charge in [-0.25, -0.2) is 9.97 Å². The lowest BCUT2D eigenvalue weighted by molar-refractivity contribution is -0.131. The summed E-state index contributed by atoms with van der Waals surface area (Å²) in [7, 11) is -0.505. The molecule has 10 heteroatoms. The normalized spacial score (nSPS) is 24.9. The van der Waals surface area contributed by atoms with E-state index in [1.165, 1.54) is 0 Å². The molecule has 0 spiro atoms. The van der Waals surface area contributed by atoms with Gasteiger partial charge in [-0.3, -0.25) is 4.79 Å². The zero-order valence-corrected chi connectivity index (χ0v) is 16.2. The molecule has 148 valence electrons. The number of hydrogen-bond donors (Lipinski definition) is 3. The molecule has 2 saturated heterocycles. The monoisotopic (exact) mass is 378 g/mol. The van der Waals surface area contributed by atoms with Crippen LogP contribution in [0.4, 0.5) is 5.95 Å². The van der Waals surface area contributed by atoms with Crippen molar-refractivity contribution in [3.8, 4) is 0 Å². The molecule has 2 atom stereocenters. The summed E-state index contributed by atoms with van der Waals surface area (Å²) < 4.78 is 12.0. The molecule has 2 aliphatic heterocycles. The lowest BCUT2D eigenvalue weighted by Gasteiger charge is -2.32. The first-order chi connectivity index (χ1) is 12.6. The van der Waals surface area contributed by atoms with Crippen LogP contribution in [0.1, 0.15) is 34.1 Å². The maximum atomic E-state index is 11.7. The fraction of sp³-hybridized carbons (Fsp3) is 0.706. The molecule has 2 aliphatic rings. The molecule has 0 aromatic carbocycles. The molecule has 3 N–H and O–H groups in total. The number of nitrogens with zero attached hydrogens (tertiary/aromatic N) is 3. The van der Waals surface area contributed by atoms with Crippen LogP contribution in [0, 0.1) is 0 Å². The molecule has 0 aliphatic carbocycles. The van der Waals surface area contributed by atoms with Crippen molar-refractivity contribution < 1.29 is 24.3 Å². The molecular weight excluding hydrogens is 351 g/mol. The van der Waals surface area contributed by atoms with Gasteiger partial charge < -0.3 is 29.7 Å². The van der Waals surface area contributed by atoms with Gasteiger partial charge in [0.1, 0.15) is 0 Å². The van der Waals surface area contributed by atoms with Crippen LogP contribution in [0.3, 0.4) is 0 Å². The van der Waals surface area contributed by atoms with E-state index in [4.69, 9.17) is 14.4 Å². The predicted octanol–water partition coefficient (Wildman–Crippen LogP) is -1.18. The number of amides is 1. The van der Waals surface area contributed by atoms with Gasteiger partial charge in [0.25, 0.3) is 5.91 Å². The maximum absolute atomic E-state index is 11.7. The maximum Gasteiger partial charge on any atom is 0.498 e. The molecule has 0 bridgehead atoms. The third kappa shape index (κ3) is 4.08. The van der Waals surface area contributed by atoms with Crippen molar-refractivity contribution in [3.63, 3.8) is 0 Å². The van der Waals surface area contributed by atoms with Gasteiger partial charge in [0, 0.05) is 37.0 Å². The van der Waals surface area contributed by atoms with E-state index in [1.54, 1.807) is 12.4 Å². The van der Waals surface area contributed by atoms with Gasteiger partial charge in [-0.1, -0.05) is 0 Å². The van der Waals surface area contributed by atoms with Crippen molar-refractivity contribution in [3.05, 3.63) is 12.4 Å². The fourth-order valence-electron chi connectivity index (χ4n) is 3.04. The first-order valence-corrected chi connectivity index (χ1v) is 9.15. The second-order valence-electron chi connectivity index (χ2n) is 8.04. The lowest BCUT2D eigenvalue weighted by Crippen LogP contribution is -2.44. The highest BCUT2D eigenvalue weighted by molar-refractivity contribution is 6.61. The highest BCUT2D eigenvalue weighted by atomic mass is 16.7. The van der Waals surface area contributed by atoms with E-state index >= 15 is 0 Å². The summed E-state index contributed by atoms with van der Waals surface area (Å²) in [5.74, 6) is -0.00361. The number of aliphatic hydroxyl groups is 2. The molecule has 0 saturated carbocycles. The van der Waals surface area contributed by atoms with Crippen LogP contribution < -0.4 is 15.7 Å². The number of anilines is 1. The van der Waals surface area contributed by atoms with Gasteiger partial charge in [0.05, 0.1) is 17.8 Å². The van der Waals surface area contributed by atoms with Crippen LogP contribution in [0.25, 0.3) is 0 Å². The van der Waals surface area contributed by atoms with Crippen LogP contribution in [0.5, 0.6) is 0 Å². The highest BCUT2D eigenvalue weighted by Gasteiger charge is 2.52. The number of carbonyl (C=O) groups is 1. The average Bonchev–Trinajstić information content (AvgIpc) is 3.16. The standard InChI is InChI=1S/C17H27BN4O5/c1-16(2)17(3,4)27-18(26-16)11-7-19-15(20-8-11)22-6-5-12(9-22)21-14(25)13(24)10-23/h7-8,12-13,23-24H,5-6,9-10H2,1-4H3,(H,21,25)/t12-,13?/m0/s1. The summed E-state index contributed by atoms with van der Waals surface area (Å²) in [5.41, 5.74) is -0.0846. The van der Waals surface area contributed by atoms with Gasteiger partial charge in [-0.2, -0.15) is 0 Å². The quantitative estimate of drug-likeness (QED) is 0.549. The van der Waals surface area contributed by atoms with Crippen LogP contribution in [-0.4, -0.2) is 76.3 Å². The van der Waals surface area contributed by atoms with Gasteiger partial charge in [0.15, 0.2) is 6.10 Å². The largest absolute Gasteiger partial charge is 0.498 e. The third-order valence-corrected chi connectivity index (χ3v) is 5.48. The van der Waals surface area contributed by atoms with E-state index < -0.39 is 36.9 Å². The Morgan fingerprint density at radius 2 is 1.93 bits per heavy atom. The van der Waals surface area contributed by atoms with Gasteiger partial charge in [0.2, 0.25) is 5.95 Å². The zero-order chi connectivity index (χ0) is 19.8. The Hall–Kier alpha value is -1.75. The molecular formula is C17H27BN4O5. The van der Waals surface area contributed by atoms with E-state index in [1.807, 2.05) is 32.6 Å². The van der Waals surface area contributed by atoms with Crippen LogP contribution in [0.2, 0.25) is 0 Å². The van der Waals surface area contributed by atoms with Crippen molar-refractivity contribution in [2.45, 2.75) is 57.5 Å². The summed E-state index contributed by atoms with van der Waals surface area (Å²) >= 11 is 0. The Morgan fingerprint density at radius 3 is 2.48 bits per heavy atom. The van der Waals surface area contributed by atoms with Gasteiger partial charge in [-0.05, 0) is 34.1 Å². The van der Waals surface area contributed by atoms with Crippen molar-refractivity contribution in [1.82, 2.24) is 15.3 Å². The number of hydrogen-bond acceptors (Lipinski definition) is 8. The number of rotatable bonds is 5. The molecule has 1 unspecified atom stereocenters. The minimum Gasteiger partial charge on any atom is -0.399 e. The zero-order valence-electron chi connectivity index (χ0n) is 16.2. The Morgan fingerprint density at radius 1 is 1.33 bits per heavy atom. The molecule has 27 heavy (non-hydrogen) atoms. The molecule has 9 nitrogen and oxygen atoms in total. The van der Waals surface area contributed by atoms with Gasteiger partial charge in [-0.15, -0.1) is 0 Å². The number of aliphatic hydroxyl groups excluding tert-OH is 2. The minimum absolute atomic E-state index is 0.120. The first kappa shape index (κ1) is 20.0. The average molecular weight is 378 g/mol. The van der Waals surface area contributed by atoms with Crippen LogP contribution in [-0.2, 0) is 14.1 Å². The fourth-order valence-corrected chi connectivity index (χ4v) is 3.04. The van der Waals surface area contributed by atoms with Crippen molar-refractivity contribution >= 4 is 24.4 Å². The molecule has 0 radical (unpaired) electrons. The SMILES string of the molecule is CC1(C)OB(c2cnc(N3CC[C@H](NC(=O)C(O)CO)C3)nc2)OC1(C)C. The summed E-state index contributed by atoms with van der Waals surface area (Å²) in [6.07, 6.45) is 2.72. The van der Waals surface area contributed by atoms with Crippen LogP contribution in [0.15, 0.2) is 12.4 Å². The Bertz CT molecular complexity index is 668. The van der Waals surface area contributed by atoms with Crippen LogP contribution >= 0.6 is 0 Å². The van der Waals surface area contributed by atoms with E-state index in [0.29, 0.717) is 25.5 Å². The number of carbonyl (C=O) groups excluding carboxylic acids is 1. The van der Waals surface area contributed by atoms with E-state index in [-0.39, 0.29) is 6.04 Å².